The Bertz CT molecular complexity index is 1350. The number of quaternary nitrogens is 1. The van der Waals surface area contributed by atoms with Crippen molar-refractivity contribution in [3.05, 3.63) is 41.5 Å². The molecular weight excluding hydrogens is 607 g/mol. The van der Waals surface area contributed by atoms with E-state index in [0.29, 0.717) is 30.9 Å². The zero-order valence-electron chi connectivity index (χ0n) is 29.7. The number of nitrogens with zero attached hydrogens (tertiary/aromatic N) is 4. The quantitative estimate of drug-likeness (QED) is 0.109. The van der Waals surface area contributed by atoms with Crippen LogP contribution in [0.2, 0.25) is 0 Å². The summed E-state index contributed by atoms with van der Waals surface area (Å²) >= 11 is 0. The van der Waals surface area contributed by atoms with Crippen molar-refractivity contribution in [2.24, 2.45) is 0 Å². The molecule has 0 aliphatic carbocycles. The van der Waals surface area contributed by atoms with Gasteiger partial charge in [0.15, 0.2) is 12.3 Å². The lowest BCUT2D eigenvalue weighted by atomic mass is 9.91. The molecule has 48 heavy (non-hydrogen) atoms. The topological polar surface area (TPSA) is 75.9 Å². The maximum Gasteiger partial charge on any atom is 0.367 e. The van der Waals surface area contributed by atoms with Gasteiger partial charge in [0.2, 0.25) is 11.5 Å². The first-order valence-corrected chi connectivity index (χ1v) is 19.2. The Kier molecular flexibility index (Phi) is 14.0. The summed E-state index contributed by atoms with van der Waals surface area (Å²) < 4.78 is 19.0. The molecule has 2 aromatic rings. The van der Waals surface area contributed by atoms with E-state index < -0.39 is 0 Å². The molecule has 0 bridgehead atoms. The Hall–Kier alpha value is -2.62. The van der Waals surface area contributed by atoms with Gasteiger partial charge in [-0.2, -0.15) is 0 Å². The molecule has 2 saturated heterocycles. The normalized spacial score (nSPS) is 22.6. The number of hydroxylamine groups is 3. The van der Waals surface area contributed by atoms with Crippen molar-refractivity contribution in [3.63, 3.8) is 0 Å². The molecule has 1 aromatic heterocycles. The molecule has 0 N–H and O–H groups in total. The number of unbranched alkanes of at least 4 members (excludes halogenated alkanes) is 12. The molecule has 0 saturated carbocycles. The second kappa shape index (κ2) is 18.4. The predicted octanol–water partition coefficient (Wildman–Crippen LogP) is 8.81. The fraction of sp³-hybridized carbons (Fsp3) is 0.718. The molecule has 4 heterocycles. The van der Waals surface area contributed by atoms with E-state index >= 15 is 0 Å². The molecule has 0 amide bonds. The molecule has 3 aliphatic heterocycles. The van der Waals surface area contributed by atoms with E-state index in [1.165, 1.54) is 82.8 Å². The van der Waals surface area contributed by atoms with Crippen LogP contribution in [0.1, 0.15) is 141 Å². The van der Waals surface area contributed by atoms with Crippen LogP contribution in [0.25, 0.3) is 11.0 Å². The summed E-state index contributed by atoms with van der Waals surface area (Å²) in [5.41, 5.74) is 2.10. The number of likely N-dealkylation sites (tertiary alicyclic amines) is 1. The summed E-state index contributed by atoms with van der Waals surface area (Å²) in [5.74, 6) is -0.107. The summed E-state index contributed by atoms with van der Waals surface area (Å²) in [6, 6.07) is 4.41. The van der Waals surface area contributed by atoms with Crippen LogP contribution in [0.15, 0.2) is 34.5 Å². The van der Waals surface area contributed by atoms with Crippen LogP contribution >= 0.6 is 0 Å². The summed E-state index contributed by atoms with van der Waals surface area (Å²) in [5, 5.41) is 5.18. The highest BCUT2D eigenvalue weighted by Crippen LogP contribution is 2.36. The molecule has 2 fully saturated rings. The maximum absolute atomic E-state index is 13.9. The number of ketones is 1. The molecule has 0 radical (unpaired) electrons. The van der Waals surface area contributed by atoms with Crippen molar-refractivity contribution in [2.45, 2.75) is 141 Å². The SMILES string of the molecule is CCCCCCCCCCCCCCCC(=O)O[N+]12CCCC=C1C(=O)C(CCN1CCC(c3noc4cc(F)ccc34)CC1)N(C)C2. The molecular formula is C39H60FN4O4+. The molecule has 1 aromatic carbocycles. The fourth-order valence-electron chi connectivity index (χ4n) is 8.11. The highest BCUT2D eigenvalue weighted by molar-refractivity contribution is 5.98. The zero-order chi connectivity index (χ0) is 33.8. The second-order valence-electron chi connectivity index (χ2n) is 14.7. The molecule has 5 rings (SSSR count). The number of hydrogen-bond acceptors (Lipinski definition) is 7. The van der Waals surface area contributed by atoms with Crippen molar-refractivity contribution in [2.75, 3.05) is 39.9 Å². The Morgan fingerprint density at radius 3 is 2.35 bits per heavy atom. The van der Waals surface area contributed by atoms with Crippen LogP contribution in [0.3, 0.4) is 0 Å². The summed E-state index contributed by atoms with van der Waals surface area (Å²) in [4.78, 5) is 37.7. The van der Waals surface area contributed by atoms with Crippen LogP contribution in [-0.2, 0) is 14.4 Å². The Labute approximate surface area is 287 Å². The van der Waals surface area contributed by atoms with E-state index in [2.05, 4.69) is 21.9 Å². The number of likely N-dealkylation sites (N-methyl/N-ethyl adjacent to an activating group) is 1. The third-order valence-electron chi connectivity index (χ3n) is 11.0. The number of halogens is 1. The van der Waals surface area contributed by atoms with Crippen LogP contribution < -0.4 is 0 Å². The van der Waals surface area contributed by atoms with E-state index in [0.717, 1.165) is 75.7 Å². The van der Waals surface area contributed by atoms with Gasteiger partial charge in [-0.25, -0.2) is 14.1 Å². The predicted molar refractivity (Wildman–Crippen MR) is 187 cm³/mol. The smallest absolute Gasteiger partial charge is 0.356 e. The first kappa shape index (κ1) is 36.7. The van der Waals surface area contributed by atoms with Gasteiger partial charge in [-0.3, -0.25) is 9.63 Å². The largest absolute Gasteiger partial charge is 0.367 e. The number of allylic oxidation sites excluding steroid dienone is 1. The highest BCUT2D eigenvalue weighted by atomic mass is 19.1. The van der Waals surface area contributed by atoms with Gasteiger partial charge in [0, 0.05) is 30.3 Å². The third-order valence-corrected chi connectivity index (χ3v) is 11.0. The van der Waals surface area contributed by atoms with Crippen molar-refractivity contribution < 1.29 is 28.0 Å². The van der Waals surface area contributed by atoms with Gasteiger partial charge in [-0.05, 0) is 70.5 Å². The number of carbonyl (C=O) groups is 2. The van der Waals surface area contributed by atoms with Crippen LogP contribution in [0, 0.1) is 5.82 Å². The van der Waals surface area contributed by atoms with E-state index in [4.69, 9.17) is 9.36 Å². The van der Waals surface area contributed by atoms with Gasteiger partial charge in [-0.15, -0.1) is 0 Å². The number of Topliss-reactive ketones (excluding diaryl/α,β-unsaturated/α-hetero) is 1. The lowest BCUT2D eigenvalue weighted by Gasteiger charge is -2.46. The Morgan fingerprint density at radius 1 is 1.00 bits per heavy atom. The minimum Gasteiger partial charge on any atom is -0.356 e. The fourth-order valence-corrected chi connectivity index (χ4v) is 8.11. The summed E-state index contributed by atoms with van der Waals surface area (Å²) in [6.45, 7) is 6.13. The van der Waals surface area contributed by atoms with Gasteiger partial charge < -0.3 is 9.42 Å². The summed E-state index contributed by atoms with van der Waals surface area (Å²) in [7, 11) is 2.00. The van der Waals surface area contributed by atoms with Gasteiger partial charge >= 0.3 is 5.97 Å². The zero-order valence-corrected chi connectivity index (χ0v) is 29.7. The first-order chi connectivity index (χ1) is 23.4. The monoisotopic (exact) mass is 667 g/mol. The Balaban J connectivity index is 1.01. The Morgan fingerprint density at radius 2 is 1.67 bits per heavy atom. The lowest BCUT2D eigenvalue weighted by Crippen LogP contribution is -2.65. The molecule has 266 valence electrons. The molecule has 3 aliphatic rings. The van der Waals surface area contributed by atoms with Gasteiger partial charge in [-0.1, -0.05) is 93.8 Å². The number of benzene rings is 1. The molecule has 2 unspecified atom stereocenters. The number of aromatic nitrogens is 1. The van der Waals surface area contributed by atoms with Crippen molar-refractivity contribution >= 4 is 22.7 Å². The number of hydrogen-bond donors (Lipinski definition) is 0. The van der Waals surface area contributed by atoms with E-state index in [-0.39, 0.29) is 34.2 Å². The van der Waals surface area contributed by atoms with Crippen LogP contribution in [-0.4, -0.2) is 77.3 Å². The molecule has 0 spiro atoms. The number of piperidine rings is 1. The average molecular weight is 668 g/mol. The maximum atomic E-state index is 13.9. The van der Waals surface area contributed by atoms with E-state index in [1.807, 2.05) is 13.1 Å². The molecule has 9 heteroatoms. The van der Waals surface area contributed by atoms with Crippen molar-refractivity contribution in [1.82, 2.24) is 15.0 Å². The van der Waals surface area contributed by atoms with Crippen molar-refractivity contribution in [1.29, 1.82) is 0 Å². The first-order valence-electron chi connectivity index (χ1n) is 19.2. The minimum atomic E-state index is -0.314. The van der Waals surface area contributed by atoms with Crippen molar-refractivity contribution in [3.8, 4) is 0 Å². The van der Waals surface area contributed by atoms with Gasteiger partial charge in [0.25, 0.3) is 0 Å². The summed E-state index contributed by atoms with van der Waals surface area (Å²) in [6.07, 6.45) is 23.4. The number of carbonyl (C=O) groups excluding carboxylic acids is 2. The lowest BCUT2D eigenvalue weighted by molar-refractivity contribution is -1.07. The van der Waals surface area contributed by atoms with Gasteiger partial charge in [0.05, 0.1) is 18.2 Å². The number of fused-ring (bicyclic) bond motifs is 2. The molecule has 8 nitrogen and oxygen atoms in total. The van der Waals surface area contributed by atoms with Crippen LogP contribution in [0.5, 0.6) is 0 Å². The molecule has 2 atom stereocenters. The van der Waals surface area contributed by atoms with Crippen LogP contribution in [0.4, 0.5) is 4.39 Å². The highest BCUT2D eigenvalue weighted by Gasteiger charge is 2.52. The second-order valence-corrected chi connectivity index (χ2v) is 14.7. The average Bonchev–Trinajstić information content (AvgIpc) is 3.50. The number of rotatable bonds is 19. The van der Waals surface area contributed by atoms with E-state index in [9.17, 15) is 14.0 Å². The standard InChI is InChI=1S/C39H60FN4O4/c1-3-4-5-6-7-8-9-10-11-12-13-14-15-19-37(45)48-44-28-17-16-18-35(44)39(46)34(42(2)30-44)24-27-43-25-22-31(23-26-43)38-33-21-20-32(40)29-36(33)47-41-38/h18,20-21,29,31,34H,3-17,19,22-28,30H2,1-2H3/q+1. The minimum absolute atomic E-state index is 0.0318. The van der Waals surface area contributed by atoms with Gasteiger partial charge in [0.1, 0.15) is 12.4 Å². The van der Waals surface area contributed by atoms with E-state index in [1.54, 1.807) is 6.07 Å². The third kappa shape index (κ3) is 9.75.